The number of nitrogens with one attached hydrogen (secondary N) is 1. The van der Waals surface area contributed by atoms with Gasteiger partial charge in [0, 0.05) is 17.7 Å². The Bertz CT molecular complexity index is 1010. The fraction of sp³-hybridized carbons (Fsp3) is 0.263. The number of methoxy groups -OCH3 is 1. The minimum atomic E-state index is -0.529. The van der Waals surface area contributed by atoms with Crippen LogP contribution >= 0.6 is 0 Å². The Morgan fingerprint density at radius 1 is 1.19 bits per heavy atom. The number of aliphatic hydroxyl groups excluding tert-OH is 1. The number of H-pyrrole nitrogens is 1. The van der Waals surface area contributed by atoms with Gasteiger partial charge >= 0.3 is 0 Å². The van der Waals surface area contributed by atoms with Crippen molar-refractivity contribution in [2.45, 2.75) is 13.8 Å². The van der Waals surface area contributed by atoms with Gasteiger partial charge in [0.25, 0.3) is 5.56 Å². The van der Waals surface area contributed by atoms with E-state index in [2.05, 4.69) is 9.97 Å². The van der Waals surface area contributed by atoms with E-state index in [-0.39, 0.29) is 29.9 Å². The first-order valence-electron chi connectivity index (χ1n) is 8.07. The molecule has 1 heterocycles. The zero-order valence-electron chi connectivity index (χ0n) is 14.7. The van der Waals surface area contributed by atoms with Crippen LogP contribution in [0.1, 0.15) is 11.1 Å². The van der Waals surface area contributed by atoms with E-state index in [0.717, 1.165) is 17.2 Å². The lowest BCUT2D eigenvalue weighted by Gasteiger charge is -2.13. The van der Waals surface area contributed by atoms with Crippen molar-refractivity contribution in [3.63, 3.8) is 0 Å². The summed E-state index contributed by atoms with van der Waals surface area (Å²) in [4.78, 5) is 19.6. The van der Waals surface area contributed by atoms with Gasteiger partial charge in [0.2, 0.25) is 0 Å². The van der Waals surface area contributed by atoms with Gasteiger partial charge in [0.05, 0.1) is 19.2 Å². The van der Waals surface area contributed by atoms with Gasteiger partial charge in [-0.15, -0.1) is 0 Å². The van der Waals surface area contributed by atoms with Gasteiger partial charge in [-0.2, -0.15) is 0 Å². The van der Waals surface area contributed by atoms with E-state index < -0.39 is 11.4 Å². The van der Waals surface area contributed by atoms with Crippen molar-refractivity contribution in [2.24, 2.45) is 0 Å². The molecule has 0 aliphatic rings. The van der Waals surface area contributed by atoms with Crippen molar-refractivity contribution in [3.8, 4) is 22.9 Å². The molecule has 3 rings (SSSR count). The largest absolute Gasteiger partial charge is 0.496 e. The molecule has 0 atom stereocenters. The van der Waals surface area contributed by atoms with Crippen LogP contribution in [0.3, 0.4) is 0 Å². The minimum Gasteiger partial charge on any atom is -0.496 e. The predicted molar refractivity (Wildman–Crippen MR) is 96.4 cm³/mol. The molecule has 3 aromatic rings. The highest BCUT2D eigenvalue weighted by atomic mass is 19.1. The first-order chi connectivity index (χ1) is 12.4. The molecule has 0 saturated heterocycles. The molecule has 0 aliphatic carbocycles. The summed E-state index contributed by atoms with van der Waals surface area (Å²) in [5, 5.41) is 9.13. The highest BCUT2D eigenvalue weighted by molar-refractivity contribution is 5.85. The molecule has 0 aliphatic heterocycles. The van der Waals surface area contributed by atoms with E-state index in [9.17, 15) is 9.18 Å². The van der Waals surface area contributed by atoms with Crippen LogP contribution in [-0.4, -0.2) is 35.4 Å². The first kappa shape index (κ1) is 17.9. The van der Waals surface area contributed by atoms with Crippen LogP contribution < -0.4 is 15.0 Å². The van der Waals surface area contributed by atoms with Crippen molar-refractivity contribution in [1.29, 1.82) is 0 Å². The maximum absolute atomic E-state index is 13.8. The summed E-state index contributed by atoms with van der Waals surface area (Å²) < 4.78 is 24.4. The number of aromatic amines is 1. The number of benzene rings is 2. The molecule has 1 aromatic heterocycles. The van der Waals surface area contributed by atoms with Gasteiger partial charge in [-0.25, -0.2) is 9.37 Å². The van der Waals surface area contributed by atoms with Crippen molar-refractivity contribution in [2.75, 3.05) is 20.3 Å². The normalized spacial score (nSPS) is 11.0. The molecule has 0 bridgehead atoms. The second kappa shape index (κ2) is 7.13. The van der Waals surface area contributed by atoms with E-state index in [1.54, 1.807) is 0 Å². The molecule has 0 radical (unpaired) electrons. The van der Waals surface area contributed by atoms with Crippen molar-refractivity contribution >= 4 is 10.9 Å². The van der Waals surface area contributed by atoms with E-state index in [1.165, 1.54) is 13.2 Å². The zero-order chi connectivity index (χ0) is 18.8. The molecule has 2 N–H and O–H groups in total. The van der Waals surface area contributed by atoms with Crippen LogP contribution in [0, 0.1) is 19.7 Å². The molecule has 26 heavy (non-hydrogen) atoms. The second-order valence-electron chi connectivity index (χ2n) is 5.93. The molecular weight excluding hydrogens is 339 g/mol. The predicted octanol–water partition coefficient (Wildman–Crippen LogP) is 2.73. The van der Waals surface area contributed by atoms with Crippen LogP contribution in [0.4, 0.5) is 4.39 Å². The summed E-state index contributed by atoms with van der Waals surface area (Å²) >= 11 is 0. The molecule has 0 unspecified atom stereocenters. The monoisotopic (exact) mass is 358 g/mol. The minimum absolute atomic E-state index is 0.0758. The standard InChI is InChI=1S/C19H19FN2O4/c1-10-6-12(7-11(2)17(10)26-5-4-23)18-21-14-8-13(20)9-15(25-3)16(14)19(24)22-18/h6-9,23H,4-5H2,1-3H3,(H,21,22,24). The van der Waals surface area contributed by atoms with Gasteiger partial charge in [-0.05, 0) is 37.1 Å². The number of rotatable bonds is 5. The van der Waals surface area contributed by atoms with Crippen LogP contribution in [0.15, 0.2) is 29.1 Å². The van der Waals surface area contributed by atoms with Gasteiger partial charge in [0.1, 0.15) is 35.1 Å². The smallest absolute Gasteiger partial charge is 0.262 e. The lowest BCUT2D eigenvalue weighted by Crippen LogP contribution is -2.11. The van der Waals surface area contributed by atoms with E-state index >= 15 is 0 Å². The number of hydrogen-bond acceptors (Lipinski definition) is 5. The Balaban J connectivity index is 2.16. The van der Waals surface area contributed by atoms with Gasteiger partial charge in [0.15, 0.2) is 0 Å². The number of halogens is 1. The first-order valence-corrected chi connectivity index (χ1v) is 8.07. The SMILES string of the molecule is COc1cc(F)cc2nc(-c3cc(C)c(OCCO)c(C)c3)[nH]c(=O)c12. The fourth-order valence-electron chi connectivity index (χ4n) is 2.96. The third-order valence-electron chi connectivity index (χ3n) is 4.03. The number of ether oxygens (including phenoxy) is 2. The number of aromatic nitrogens is 2. The third-order valence-corrected chi connectivity index (χ3v) is 4.03. The zero-order valence-corrected chi connectivity index (χ0v) is 14.7. The third kappa shape index (κ3) is 3.25. The summed E-state index contributed by atoms with van der Waals surface area (Å²) in [6.07, 6.45) is 0. The van der Waals surface area contributed by atoms with Crippen LogP contribution in [0.2, 0.25) is 0 Å². The molecule has 0 amide bonds. The molecule has 2 aromatic carbocycles. The summed E-state index contributed by atoms with van der Waals surface area (Å²) in [5.74, 6) is 0.618. The van der Waals surface area contributed by atoms with Crippen molar-refractivity contribution in [3.05, 3.63) is 51.6 Å². The van der Waals surface area contributed by atoms with Gasteiger partial charge < -0.3 is 19.6 Å². The van der Waals surface area contributed by atoms with E-state index in [4.69, 9.17) is 14.6 Å². The Morgan fingerprint density at radius 2 is 1.88 bits per heavy atom. The Kier molecular flexibility index (Phi) is 4.90. The maximum atomic E-state index is 13.8. The summed E-state index contributed by atoms with van der Waals surface area (Å²) in [5.41, 5.74) is 2.17. The molecule has 0 fully saturated rings. The Hall–Kier alpha value is -2.93. The molecular formula is C19H19FN2O4. The molecule has 0 saturated carbocycles. The maximum Gasteiger partial charge on any atom is 0.262 e. The number of nitrogens with zero attached hydrogens (tertiary/aromatic N) is 1. The summed E-state index contributed by atoms with van der Waals surface area (Å²) in [6.45, 7) is 3.86. The van der Waals surface area contributed by atoms with E-state index in [1.807, 2.05) is 26.0 Å². The van der Waals surface area contributed by atoms with Gasteiger partial charge in [-0.3, -0.25) is 4.79 Å². The average molecular weight is 358 g/mol. The average Bonchev–Trinajstić information content (AvgIpc) is 2.59. The lowest BCUT2D eigenvalue weighted by atomic mass is 10.0. The Labute approximate surface area is 149 Å². The van der Waals surface area contributed by atoms with Crippen LogP contribution in [-0.2, 0) is 0 Å². The van der Waals surface area contributed by atoms with Crippen LogP contribution in [0.25, 0.3) is 22.3 Å². The molecule has 0 spiro atoms. The fourth-order valence-corrected chi connectivity index (χ4v) is 2.96. The highest BCUT2D eigenvalue weighted by Crippen LogP contribution is 2.30. The quantitative estimate of drug-likeness (QED) is 0.733. The molecule has 6 nitrogen and oxygen atoms in total. The number of fused-ring (bicyclic) bond motifs is 1. The highest BCUT2D eigenvalue weighted by Gasteiger charge is 2.14. The van der Waals surface area contributed by atoms with Crippen LogP contribution in [0.5, 0.6) is 11.5 Å². The lowest BCUT2D eigenvalue weighted by molar-refractivity contribution is 0.200. The second-order valence-corrected chi connectivity index (χ2v) is 5.93. The van der Waals surface area contributed by atoms with Crippen molar-refractivity contribution in [1.82, 2.24) is 9.97 Å². The summed E-state index contributed by atoms with van der Waals surface area (Å²) in [7, 11) is 1.37. The number of aryl methyl sites for hydroxylation is 2. The van der Waals surface area contributed by atoms with Gasteiger partial charge in [-0.1, -0.05) is 0 Å². The Morgan fingerprint density at radius 3 is 2.50 bits per heavy atom. The number of aliphatic hydroxyl groups is 1. The molecule has 7 heteroatoms. The van der Waals surface area contributed by atoms with E-state index in [0.29, 0.717) is 17.1 Å². The number of hydrogen-bond donors (Lipinski definition) is 2. The van der Waals surface area contributed by atoms with Crippen molar-refractivity contribution < 1.29 is 19.0 Å². The topological polar surface area (TPSA) is 84.4 Å². The molecule has 136 valence electrons. The summed E-state index contributed by atoms with van der Waals surface area (Å²) in [6, 6.07) is 6.00.